The van der Waals surface area contributed by atoms with E-state index in [4.69, 9.17) is 0 Å². The average Bonchev–Trinajstić information content (AvgIpc) is 3.55. The van der Waals surface area contributed by atoms with E-state index in [9.17, 15) is 0 Å². The monoisotopic (exact) mass is 656 g/mol. The van der Waals surface area contributed by atoms with Gasteiger partial charge in [0.2, 0.25) is 0 Å². The van der Waals surface area contributed by atoms with E-state index in [1.54, 1.807) is 0 Å². The fraction of sp³-hybridized carbons (Fsp3) is 0.176. The van der Waals surface area contributed by atoms with E-state index < -0.39 is 0 Å². The van der Waals surface area contributed by atoms with Crippen LogP contribution in [0.15, 0.2) is 164 Å². The molecule has 0 bridgehead atoms. The summed E-state index contributed by atoms with van der Waals surface area (Å²) in [6.07, 6.45) is 1.98. The first kappa shape index (κ1) is 31.5. The van der Waals surface area contributed by atoms with Crippen LogP contribution in [-0.4, -0.2) is 0 Å². The first-order valence-corrected chi connectivity index (χ1v) is 18.5. The molecule has 7 aromatic carbocycles. The average molecular weight is 657 g/mol. The number of rotatable bonds is 7. The van der Waals surface area contributed by atoms with Gasteiger partial charge in [0.05, 0.1) is 0 Å². The highest BCUT2D eigenvalue weighted by atomic mass is 14.4. The quantitative estimate of drug-likeness (QED) is 0.160. The zero-order valence-corrected chi connectivity index (χ0v) is 30.1. The van der Waals surface area contributed by atoms with Crippen molar-refractivity contribution in [3.05, 3.63) is 203 Å². The Kier molecular flexibility index (Phi) is 7.48. The van der Waals surface area contributed by atoms with Crippen molar-refractivity contribution >= 4 is 0 Å². The van der Waals surface area contributed by atoms with Crippen molar-refractivity contribution in [3.63, 3.8) is 0 Å². The molecule has 51 heavy (non-hydrogen) atoms. The van der Waals surface area contributed by atoms with Gasteiger partial charge in [-0.05, 0) is 96.3 Å². The molecule has 2 aliphatic rings. The number of hydrogen-bond acceptors (Lipinski definition) is 0. The van der Waals surface area contributed by atoms with Crippen LogP contribution in [0.1, 0.15) is 79.0 Å². The molecule has 0 atom stereocenters. The van der Waals surface area contributed by atoms with Crippen LogP contribution in [0.25, 0.3) is 44.5 Å². The fourth-order valence-electron chi connectivity index (χ4n) is 9.21. The van der Waals surface area contributed by atoms with Crippen LogP contribution in [-0.2, 0) is 17.3 Å². The number of benzene rings is 7. The molecule has 0 N–H and O–H groups in total. The predicted octanol–water partition coefficient (Wildman–Crippen LogP) is 13.4. The third kappa shape index (κ3) is 5.20. The first-order chi connectivity index (χ1) is 24.8. The molecule has 248 valence electrons. The maximum Gasteiger partial charge on any atom is 0.0158 e. The van der Waals surface area contributed by atoms with Crippen molar-refractivity contribution in [2.75, 3.05) is 0 Å². The summed E-state index contributed by atoms with van der Waals surface area (Å²) in [4.78, 5) is 0. The molecule has 0 radical (unpaired) electrons. The summed E-state index contributed by atoms with van der Waals surface area (Å²) in [5, 5.41) is 0. The van der Waals surface area contributed by atoms with Gasteiger partial charge in [-0.25, -0.2) is 0 Å². The third-order valence-electron chi connectivity index (χ3n) is 12.0. The van der Waals surface area contributed by atoms with Gasteiger partial charge in [0, 0.05) is 16.7 Å². The minimum Gasteiger partial charge on any atom is -0.0622 e. The van der Waals surface area contributed by atoms with Crippen molar-refractivity contribution in [2.24, 2.45) is 0 Å². The van der Waals surface area contributed by atoms with Crippen LogP contribution in [0.3, 0.4) is 0 Å². The second kappa shape index (κ2) is 12.1. The molecule has 9 rings (SSSR count). The molecule has 7 aromatic rings. The van der Waals surface area contributed by atoms with Gasteiger partial charge in [-0.15, -0.1) is 0 Å². The molecule has 0 heterocycles. The smallest absolute Gasteiger partial charge is 0.0158 e. The summed E-state index contributed by atoms with van der Waals surface area (Å²) in [7, 11) is 0. The highest BCUT2D eigenvalue weighted by molar-refractivity contribution is 5.82. The Balaban J connectivity index is 1.17. The van der Waals surface area contributed by atoms with Crippen molar-refractivity contribution < 1.29 is 0 Å². The molecular weight excluding hydrogens is 613 g/mol. The lowest BCUT2D eigenvalue weighted by molar-refractivity contribution is 0.649. The van der Waals surface area contributed by atoms with Crippen molar-refractivity contribution in [2.45, 2.75) is 57.3 Å². The largest absolute Gasteiger partial charge is 0.0622 e. The van der Waals surface area contributed by atoms with Gasteiger partial charge in [-0.1, -0.05) is 191 Å². The molecule has 0 nitrogen and oxygen atoms in total. The van der Waals surface area contributed by atoms with Gasteiger partial charge >= 0.3 is 0 Å². The van der Waals surface area contributed by atoms with Gasteiger partial charge in [0.15, 0.2) is 0 Å². The number of hydrogen-bond donors (Lipinski definition) is 0. The van der Waals surface area contributed by atoms with E-state index in [1.165, 1.54) is 83.5 Å². The van der Waals surface area contributed by atoms with Crippen molar-refractivity contribution in [1.29, 1.82) is 0 Å². The van der Waals surface area contributed by atoms with E-state index in [0.29, 0.717) is 0 Å². The number of fused-ring (bicyclic) bond motifs is 6. The van der Waals surface area contributed by atoms with Crippen molar-refractivity contribution in [1.82, 2.24) is 0 Å². The van der Waals surface area contributed by atoms with Crippen LogP contribution < -0.4 is 0 Å². The molecule has 0 heteroatoms. The van der Waals surface area contributed by atoms with E-state index in [1.807, 2.05) is 0 Å². The Bertz CT molecular complexity index is 2300. The maximum atomic E-state index is 2.55. The summed E-state index contributed by atoms with van der Waals surface area (Å²) in [6.45, 7) is 9.58. The lowest BCUT2D eigenvalue weighted by Crippen LogP contribution is -2.16. The molecule has 0 fully saturated rings. The Hall–Kier alpha value is -5.46. The lowest BCUT2D eigenvalue weighted by Gasteiger charge is -2.26. The molecule has 0 amide bonds. The summed E-state index contributed by atoms with van der Waals surface area (Å²) < 4.78 is 0. The molecule has 2 aliphatic carbocycles. The topological polar surface area (TPSA) is 0 Å². The minimum atomic E-state index is -0.0431. The standard InChI is InChI=1S/C51H44/c1-50(2)46-21-13-11-19-42(46)44-29-25-38(32-48(44)50)41(39-26-30-45-43-20-12-14-22-47(43)51(3,4)49(45)33-39)28-24-37-31-36(34-15-7-5-8-16-34)23-27-40(37)35-17-9-6-10-18-35/h5-23,25-27,29-33,41H,24,28H2,1-4H3. The Labute approximate surface area is 303 Å². The Morgan fingerprint density at radius 3 is 1.37 bits per heavy atom. The van der Waals surface area contributed by atoms with E-state index in [2.05, 4.69) is 191 Å². The lowest BCUT2D eigenvalue weighted by atomic mass is 9.77. The summed E-state index contributed by atoms with van der Waals surface area (Å²) in [6, 6.07) is 61.5. The zero-order valence-electron chi connectivity index (χ0n) is 30.1. The maximum absolute atomic E-state index is 2.55. The molecule has 0 aliphatic heterocycles. The molecule has 0 saturated heterocycles. The van der Waals surface area contributed by atoms with Gasteiger partial charge in [0.1, 0.15) is 0 Å². The van der Waals surface area contributed by atoms with Crippen LogP contribution >= 0.6 is 0 Å². The van der Waals surface area contributed by atoms with E-state index in [0.717, 1.165) is 12.8 Å². The minimum absolute atomic E-state index is 0.0431. The second-order valence-electron chi connectivity index (χ2n) is 15.6. The molecule has 0 unspecified atom stereocenters. The van der Waals surface area contributed by atoms with Crippen molar-refractivity contribution in [3.8, 4) is 44.5 Å². The molecular formula is C51H44. The second-order valence-corrected chi connectivity index (χ2v) is 15.6. The van der Waals surface area contributed by atoms with Gasteiger partial charge < -0.3 is 0 Å². The predicted molar refractivity (Wildman–Crippen MR) is 215 cm³/mol. The molecule has 0 saturated carbocycles. The van der Waals surface area contributed by atoms with E-state index >= 15 is 0 Å². The SMILES string of the molecule is CC1(C)c2ccccc2-c2ccc(C(CCc3cc(-c4ccccc4)ccc3-c3ccccc3)c3ccc4c(c3)C(C)(C)c3ccccc3-4)cc21. The molecule has 0 aromatic heterocycles. The highest BCUT2D eigenvalue weighted by Gasteiger charge is 2.37. The van der Waals surface area contributed by atoms with Gasteiger partial charge in [0.25, 0.3) is 0 Å². The fourth-order valence-corrected chi connectivity index (χ4v) is 9.21. The highest BCUT2D eigenvalue weighted by Crippen LogP contribution is 2.52. The molecule has 0 spiro atoms. The first-order valence-electron chi connectivity index (χ1n) is 18.5. The summed E-state index contributed by atoms with van der Waals surface area (Å²) in [5.74, 6) is 0.239. The summed E-state index contributed by atoms with van der Waals surface area (Å²) in [5.41, 5.74) is 20.5. The number of aryl methyl sites for hydroxylation is 1. The zero-order chi connectivity index (χ0) is 34.7. The van der Waals surface area contributed by atoms with Gasteiger partial charge in [-0.2, -0.15) is 0 Å². The van der Waals surface area contributed by atoms with Crippen LogP contribution in [0, 0.1) is 0 Å². The van der Waals surface area contributed by atoms with Gasteiger partial charge in [-0.3, -0.25) is 0 Å². The van der Waals surface area contributed by atoms with Crippen LogP contribution in [0.5, 0.6) is 0 Å². The van der Waals surface area contributed by atoms with E-state index in [-0.39, 0.29) is 16.7 Å². The normalized spacial score (nSPS) is 14.5. The summed E-state index contributed by atoms with van der Waals surface area (Å²) >= 11 is 0. The Morgan fingerprint density at radius 1 is 0.373 bits per heavy atom. The Morgan fingerprint density at radius 2 is 0.824 bits per heavy atom. The van der Waals surface area contributed by atoms with Crippen LogP contribution in [0.2, 0.25) is 0 Å². The third-order valence-corrected chi connectivity index (χ3v) is 12.0. The van der Waals surface area contributed by atoms with Crippen LogP contribution in [0.4, 0.5) is 0 Å².